The van der Waals surface area contributed by atoms with Crippen LogP contribution in [0.1, 0.15) is 58.6 Å². The number of hydrogen-bond acceptors (Lipinski definition) is 8. The standard InChI is InChI=1S/C30H39Br2O8P/c1-7-27(38-22(5)33)21(4)28-20(3)19(2)16-30(39-28,29(34)35-6)40-41(36-17-23-8-12-25(31)13-9-23)37-18-24-10-14-26(32)15-11-24/h8-15,19-21,27-28H,7,16-18H2,1-6H3/t19-,20-,21-,27-,28?,30-/m1/s1. The Morgan fingerprint density at radius 3 is 1.95 bits per heavy atom. The van der Waals surface area contributed by atoms with Crippen molar-refractivity contribution in [3.05, 3.63) is 68.6 Å². The average molecular weight is 718 g/mol. The van der Waals surface area contributed by atoms with Crippen LogP contribution in [0.5, 0.6) is 0 Å². The van der Waals surface area contributed by atoms with Gasteiger partial charge in [0.25, 0.3) is 5.79 Å². The Balaban J connectivity index is 1.89. The molecule has 0 saturated carbocycles. The molecule has 2 aromatic rings. The molecule has 3 rings (SSSR count). The third kappa shape index (κ3) is 9.55. The zero-order chi connectivity index (χ0) is 30.2. The molecule has 1 fully saturated rings. The maximum atomic E-state index is 13.4. The van der Waals surface area contributed by atoms with Crippen molar-refractivity contribution in [2.75, 3.05) is 7.11 Å². The van der Waals surface area contributed by atoms with Crippen LogP contribution in [0, 0.1) is 17.8 Å². The van der Waals surface area contributed by atoms with Crippen molar-refractivity contribution in [1.29, 1.82) is 0 Å². The predicted octanol–water partition coefficient (Wildman–Crippen LogP) is 8.10. The van der Waals surface area contributed by atoms with Gasteiger partial charge < -0.3 is 23.3 Å². The lowest BCUT2D eigenvalue weighted by molar-refractivity contribution is -0.280. The summed E-state index contributed by atoms with van der Waals surface area (Å²) in [6.45, 7) is 9.84. The van der Waals surface area contributed by atoms with Gasteiger partial charge in [0.2, 0.25) is 0 Å². The van der Waals surface area contributed by atoms with E-state index in [1.165, 1.54) is 14.0 Å². The van der Waals surface area contributed by atoms with Gasteiger partial charge >= 0.3 is 20.5 Å². The van der Waals surface area contributed by atoms with E-state index in [4.69, 9.17) is 27.8 Å². The van der Waals surface area contributed by atoms with Crippen molar-refractivity contribution in [2.45, 2.75) is 78.7 Å². The molecule has 1 saturated heterocycles. The van der Waals surface area contributed by atoms with Crippen LogP contribution in [-0.2, 0) is 50.6 Å². The van der Waals surface area contributed by atoms with Crippen LogP contribution in [0.15, 0.2) is 57.5 Å². The van der Waals surface area contributed by atoms with Gasteiger partial charge in [-0.15, -0.1) is 0 Å². The SMILES string of the molecule is CC[C@@H](OC(C)=O)[C@@H](C)C1O[C@](OP(OCc2ccc(Br)cc2)OCc2ccc(Br)cc2)(C(=O)OC)C[C@@H](C)[C@H]1C. The van der Waals surface area contributed by atoms with E-state index in [-0.39, 0.29) is 49.5 Å². The first kappa shape index (κ1) is 34.1. The fraction of sp³-hybridized carbons (Fsp3) is 0.533. The predicted molar refractivity (Wildman–Crippen MR) is 163 cm³/mol. The quantitative estimate of drug-likeness (QED) is 0.152. The molecule has 0 spiro atoms. The molecule has 1 unspecified atom stereocenters. The Labute approximate surface area is 261 Å². The van der Waals surface area contributed by atoms with Gasteiger partial charge in [-0.2, -0.15) is 0 Å². The third-order valence-electron chi connectivity index (χ3n) is 7.38. The zero-order valence-corrected chi connectivity index (χ0v) is 28.4. The number of carbonyl (C=O) groups excluding carboxylic acids is 2. The molecule has 41 heavy (non-hydrogen) atoms. The highest BCUT2D eigenvalue weighted by Crippen LogP contribution is 2.52. The van der Waals surface area contributed by atoms with E-state index in [1.54, 1.807) is 0 Å². The Morgan fingerprint density at radius 2 is 1.51 bits per heavy atom. The number of halogens is 2. The van der Waals surface area contributed by atoms with Crippen LogP contribution in [0.4, 0.5) is 0 Å². The van der Waals surface area contributed by atoms with Crippen molar-refractivity contribution < 1.29 is 37.4 Å². The largest absolute Gasteiger partial charge is 0.465 e. The summed E-state index contributed by atoms with van der Waals surface area (Å²) in [5, 5.41) is 0. The molecule has 0 radical (unpaired) electrons. The maximum absolute atomic E-state index is 13.4. The fourth-order valence-corrected chi connectivity index (χ4v) is 6.54. The van der Waals surface area contributed by atoms with Gasteiger partial charge in [0, 0.05) is 28.2 Å². The molecule has 1 heterocycles. The number of methoxy groups -OCH3 is 1. The summed E-state index contributed by atoms with van der Waals surface area (Å²) in [5.41, 5.74) is 1.82. The van der Waals surface area contributed by atoms with Crippen LogP contribution in [0.3, 0.4) is 0 Å². The number of carbonyl (C=O) groups is 2. The molecule has 1 aliphatic heterocycles. The van der Waals surface area contributed by atoms with Crippen LogP contribution in [-0.4, -0.2) is 37.0 Å². The Morgan fingerprint density at radius 1 is 1.00 bits per heavy atom. The first-order valence-corrected chi connectivity index (χ1v) is 16.3. The minimum absolute atomic E-state index is 0.0138. The van der Waals surface area contributed by atoms with E-state index in [9.17, 15) is 9.59 Å². The van der Waals surface area contributed by atoms with Crippen molar-refractivity contribution in [2.24, 2.45) is 17.8 Å². The summed E-state index contributed by atoms with van der Waals surface area (Å²) >= 11 is 6.90. The highest BCUT2D eigenvalue weighted by Gasteiger charge is 2.55. The molecule has 1 aliphatic rings. The van der Waals surface area contributed by atoms with Crippen LogP contribution in [0.25, 0.3) is 0 Å². The highest BCUT2D eigenvalue weighted by molar-refractivity contribution is 9.10. The van der Waals surface area contributed by atoms with Crippen molar-refractivity contribution in [1.82, 2.24) is 0 Å². The number of rotatable bonds is 13. The van der Waals surface area contributed by atoms with Gasteiger partial charge in [-0.3, -0.25) is 9.32 Å². The van der Waals surface area contributed by atoms with Crippen LogP contribution < -0.4 is 0 Å². The maximum Gasteiger partial charge on any atom is 0.367 e. The summed E-state index contributed by atoms with van der Waals surface area (Å²) in [6.07, 6.45) is 0.00487. The lowest BCUT2D eigenvalue weighted by Crippen LogP contribution is -2.57. The molecule has 2 aromatic carbocycles. The average Bonchev–Trinajstić information content (AvgIpc) is 2.95. The second kappa shape index (κ2) is 15.9. The lowest BCUT2D eigenvalue weighted by atomic mass is 9.76. The van der Waals surface area contributed by atoms with E-state index in [0.29, 0.717) is 6.42 Å². The summed E-state index contributed by atoms with van der Waals surface area (Å²) in [6, 6.07) is 15.4. The fourth-order valence-electron chi connectivity index (χ4n) is 4.89. The monoisotopic (exact) mass is 716 g/mol. The topological polar surface area (TPSA) is 89.5 Å². The van der Waals surface area contributed by atoms with Gasteiger partial charge in [-0.25, -0.2) is 4.79 Å². The normalized spacial score (nSPS) is 24.1. The van der Waals surface area contributed by atoms with Gasteiger partial charge in [-0.1, -0.05) is 83.8 Å². The molecule has 0 aliphatic carbocycles. The molecular formula is C30H39Br2O8P. The molecule has 11 heteroatoms. The summed E-state index contributed by atoms with van der Waals surface area (Å²) < 4.78 is 38.0. The molecule has 0 N–H and O–H groups in total. The molecular weight excluding hydrogens is 679 g/mol. The number of esters is 2. The second-order valence-electron chi connectivity index (χ2n) is 10.4. The van der Waals surface area contributed by atoms with Crippen LogP contribution >= 0.6 is 40.5 Å². The van der Waals surface area contributed by atoms with Crippen molar-refractivity contribution in [3.8, 4) is 0 Å². The van der Waals surface area contributed by atoms with E-state index in [0.717, 1.165) is 20.1 Å². The van der Waals surface area contributed by atoms with E-state index in [1.807, 2.05) is 69.3 Å². The second-order valence-corrected chi connectivity index (χ2v) is 13.4. The summed E-state index contributed by atoms with van der Waals surface area (Å²) in [4.78, 5) is 25.2. The molecule has 0 amide bonds. The minimum Gasteiger partial charge on any atom is -0.465 e. The van der Waals surface area contributed by atoms with E-state index in [2.05, 4.69) is 38.8 Å². The zero-order valence-electron chi connectivity index (χ0n) is 24.3. The molecule has 8 nitrogen and oxygen atoms in total. The third-order valence-corrected chi connectivity index (χ3v) is 9.56. The molecule has 6 atom stereocenters. The Kier molecular flexibility index (Phi) is 13.2. The minimum atomic E-state index is -2.07. The number of hydrogen-bond donors (Lipinski definition) is 0. The first-order chi connectivity index (χ1) is 19.5. The number of benzene rings is 2. The summed E-state index contributed by atoms with van der Waals surface area (Å²) in [7, 11) is -0.767. The van der Waals surface area contributed by atoms with Crippen molar-refractivity contribution >= 4 is 52.4 Å². The van der Waals surface area contributed by atoms with Crippen LogP contribution in [0.2, 0.25) is 0 Å². The smallest absolute Gasteiger partial charge is 0.367 e. The Bertz CT molecular complexity index is 1080. The molecule has 226 valence electrons. The molecule has 0 bridgehead atoms. The first-order valence-electron chi connectivity index (χ1n) is 13.6. The van der Waals surface area contributed by atoms with Gasteiger partial charge in [0.05, 0.1) is 26.4 Å². The number of ether oxygens (including phenoxy) is 3. The van der Waals surface area contributed by atoms with E-state index >= 15 is 0 Å². The summed E-state index contributed by atoms with van der Waals surface area (Å²) in [5.74, 6) is -2.94. The molecule has 0 aromatic heterocycles. The lowest BCUT2D eigenvalue weighted by Gasteiger charge is -2.48. The Hall–Kier alpha value is -1.39. The van der Waals surface area contributed by atoms with Crippen molar-refractivity contribution in [3.63, 3.8) is 0 Å². The van der Waals surface area contributed by atoms with Gasteiger partial charge in [-0.05, 0) is 53.6 Å². The highest BCUT2D eigenvalue weighted by atomic mass is 79.9. The van der Waals surface area contributed by atoms with Gasteiger partial charge in [0.1, 0.15) is 6.10 Å². The van der Waals surface area contributed by atoms with E-state index < -0.39 is 26.5 Å². The van der Waals surface area contributed by atoms with Gasteiger partial charge in [0.15, 0.2) is 0 Å².